The molecule has 0 atom stereocenters. The van der Waals surface area contributed by atoms with Gasteiger partial charge >= 0.3 is 0 Å². The first-order chi connectivity index (χ1) is 7.70. The molecule has 2 aromatic rings. The van der Waals surface area contributed by atoms with Gasteiger partial charge in [0.1, 0.15) is 5.82 Å². The fourth-order valence-electron chi connectivity index (χ4n) is 1.41. The van der Waals surface area contributed by atoms with Gasteiger partial charge in [-0.2, -0.15) is 0 Å². The van der Waals surface area contributed by atoms with Gasteiger partial charge in [0.05, 0.1) is 0 Å². The molecule has 0 amide bonds. The summed E-state index contributed by atoms with van der Waals surface area (Å²) in [7, 11) is 0. The number of aldehydes is 1. The van der Waals surface area contributed by atoms with Gasteiger partial charge in [0, 0.05) is 17.3 Å². The molecule has 80 valence electrons. The van der Waals surface area contributed by atoms with Crippen LogP contribution in [0.25, 0.3) is 11.1 Å². The lowest BCUT2D eigenvalue weighted by molar-refractivity contribution is 0.112. The number of rotatable bonds is 2. The van der Waals surface area contributed by atoms with Crippen LogP contribution in [0.2, 0.25) is 0 Å². The molecule has 0 spiro atoms. The highest BCUT2D eigenvalue weighted by Gasteiger charge is 2.04. The molecule has 0 aliphatic rings. The molecular weight excluding hydrogens is 209 g/mol. The minimum absolute atomic E-state index is 0.308. The summed E-state index contributed by atoms with van der Waals surface area (Å²) in [5.41, 5.74) is 0.993. The van der Waals surface area contributed by atoms with E-state index >= 15 is 0 Å². The number of benzene rings is 1. The van der Waals surface area contributed by atoms with Gasteiger partial charge in [-0.3, -0.25) is 9.59 Å². The maximum atomic E-state index is 12.7. The van der Waals surface area contributed by atoms with Gasteiger partial charge in [0.15, 0.2) is 6.29 Å². The summed E-state index contributed by atoms with van der Waals surface area (Å²) in [6.45, 7) is 0. The lowest BCUT2D eigenvalue weighted by atomic mass is 10.1. The highest BCUT2D eigenvalue weighted by atomic mass is 19.1. The van der Waals surface area contributed by atoms with Gasteiger partial charge in [0.25, 0.3) is 5.56 Å². The number of H-pyrrole nitrogens is 1. The molecule has 4 heteroatoms. The molecule has 0 radical (unpaired) electrons. The number of carbonyl (C=O) groups excluding carboxylic acids is 1. The normalized spacial score (nSPS) is 10.1. The molecule has 16 heavy (non-hydrogen) atoms. The number of aromatic nitrogens is 1. The number of hydrogen-bond donors (Lipinski definition) is 1. The third kappa shape index (κ3) is 1.91. The van der Waals surface area contributed by atoms with Crippen molar-refractivity contribution in [2.24, 2.45) is 0 Å². The van der Waals surface area contributed by atoms with Crippen LogP contribution < -0.4 is 5.56 Å². The van der Waals surface area contributed by atoms with Crippen LogP contribution >= 0.6 is 0 Å². The topological polar surface area (TPSA) is 49.9 Å². The van der Waals surface area contributed by atoms with E-state index in [9.17, 15) is 14.0 Å². The summed E-state index contributed by atoms with van der Waals surface area (Å²) in [5.74, 6) is -0.369. The molecule has 1 aromatic heterocycles. The molecule has 0 bridgehead atoms. The van der Waals surface area contributed by atoms with Crippen molar-refractivity contribution in [1.82, 2.24) is 4.98 Å². The number of carbonyl (C=O) groups is 1. The third-order valence-corrected chi connectivity index (χ3v) is 2.22. The molecule has 0 fully saturated rings. The third-order valence-electron chi connectivity index (χ3n) is 2.22. The Morgan fingerprint density at radius 1 is 1.19 bits per heavy atom. The molecule has 0 aliphatic heterocycles. The van der Waals surface area contributed by atoms with Crippen LogP contribution in [0.15, 0.2) is 41.3 Å². The Bertz CT molecular complexity index is 572. The van der Waals surface area contributed by atoms with Gasteiger partial charge in [-0.15, -0.1) is 0 Å². The molecule has 1 aromatic carbocycles. The van der Waals surface area contributed by atoms with Crippen molar-refractivity contribution in [3.05, 3.63) is 58.3 Å². The van der Waals surface area contributed by atoms with E-state index in [-0.39, 0.29) is 11.4 Å². The first-order valence-corrected chi connectivity index (χ1v) is 4.64. The Morgan fingerprint density at radius 3 is 2.50 bits per heavy atom. The van der Waals surface area contributed by atoms with Crippen molar-refractivity contribution >= 4 is 6.29 Å². The molecule has 1 heterocycles. The second-order valence-electron chi connectivity index (χ2n) is 3.30. The van der Waals surface area contributed by atoms with E-state index in [1.807, 2.05) is 0 Å². The zero-order valence-corrected chi connectivity index (χ0v) is 8.24. The maximum Gasteiger partial charge on any atom is 0.255 e. The quantitative estimate of drug-likeness (QED) is 0.782. The lowest BCUT2D eigenvalue weighted by Gasteiger charge is -2.00. The molecule has 0 aliphatic carbocycles. The van der Waals surface area contributed by atoms with Crippen LogP contribution in [-0.2, 0) is 0 Å². The van der Waals surface area contributed by atoms with Gasteiger partial charge in [0.2, 0.25) is 0 Å². The van der Waals surface area contributed by atoms with Crippen LogP contribution in [0.5, 0.6) is 0 Å². The zero-order chi connectivity index (χ0) is 11.5. The fourth-order valence-corrected chi connectivity index (χ4v) is 1.41. The number of hydrogen-bond acceptors (Lipinski definition) is 2. The van der Waals surface area contributed by atoms with E-state index in [2.05, 4.69) is 4.98 Å². The summed E-state index contributed by atoms with van der Waals surface area (Å²) >= 11 is 0. The second kappa shape index (κ2) is 4.10. The summed E-state index contributed by atoms with van der Waals surface area (Å²) in [5, 5.41) is 0. The number of nitrogens with one attached hydrogen (secondary N) is 1. The van der Waals surface area contributed by atoms with Gasteiger partial charge in [-0.05, 0) is 23.8 Å². The highest BCUT2D eigenvalue weighted by Crippen LogP contribution is 2.15. The monoisotopic (exact) mass is 217 g/mol. The molecular formula is C12H8FNO2. The Labute approximate surface area is 90.6 Å². The average Bonchev–Trinajstić information content (AvgIpc) is 2.31. The molecule has 0 unspecified atom stereocenters. The van der Waals surface area contributed by atoms with Crippen LogP contribution in [0.4, 0.5) is 4.39 Å². The van der Waals surface area contributed by atoms with Crippen LogP contribution in [-0.4, -0.2) is 11.3 Å². The Hall–Kier alpha value is -2.23. The molecule has 0 saturated carbocycles. The Morgan fingerprint density at radius 2 is 1.88 bits per heavy atom. The smallest absolute Gasteiger partial charge is 0.255 e. The van der Waals surface area contributed by atoms with E-state index in [4.69, 9.17) is 0 Å². The predicted molar refractivity (Wildman–Crippen MR) is 57.8 cm³/mol. The van der Waals surface area contributed by atoms with Crippen molar-refractivity contribution in [2.45, 2.75) is 0 Å². The summed E-state index contributed by atoms with van der Waals surface area (Å²) in [4.78, 5) is 24.5. The number of aromatic amines is 1. The van der Waals surface area contributed by atoms with Gasteiger partial charge in [-0.25, -0.2) is 4.39 Å². The van der Waals surface area contributed by atoms with E-state index < -0.39 is 0 Å². The Balaban J connectivity index is 2.58. The van der Waals surface area contributed by atoms with Crippen molar-refractivity contribution in [2.75, 3.05) is 0 Å². The van der Waals surface area contributed by atoms with E-state index in [1.165, 1.54) is 36.5 Å². The average molecular weight is 217 g/mol. The molecule has 1 N–H and O–H groups in total. The predicted octanol–water partition coefficient (Wildman–Crippen LogP) is 1.99. The maximum absolute atomic E-state index is 12.7. The number of halogens is 1. The first kappa shape index (κ1) is 10.3. The molecule has 2 rings (SSSR count). The Kier molecular flexibility index (Phi) is 2.64. The van der Waals surface area contributed by atoms with Gasteiger partial charge < -0.3 is 4.98 Å². The summed E-state index contributed by atoms with van der Waals surface area (Å²) in [6.07, 6.45) is 1.98. The SMILES string of the molecule is O=Cc1c[nH]c(=O)c(-c2ccc(F)cc2)c1. The van der Waals surface area contributed by atoms with Crippen LogP contribution in [0.1, 0.15) is 10.4 Å². The van der Waals surface area contributed by atoms with Crippen LogP contribution in [0.3, 0.4) is 0 Å². The minimum Gasteiger partial charge on any atom is -0.328 e. The van der Waals surface area contributed by atoms with Gasteiger partial charge in [-0.1, -0.05) is 12.1 Å². The first-order valence-electron chi connectivity index (χ1n) is 4.64. The number of pyridine rings is 1. The highest BCUT2D eigenvalue weighted by molar-refractivity contribution is 5.77. The molecule has 0 saturated heterocycles. The van der Waals surface area contributed by atoms with Crippen molar-refractivity contribution in [1.29, 1.82) is 0 Å². The summed E-state index contributed by atoms with van der Waals surface area (Å²) in [6, 6.07) is 6.99. The van der Waals surface area contributed by atoms with Crippen molar-refractivity contribution in [3.8, 4) is 11.1 Å². The molecule has 3 nitrogen and oxygen atoms in total. The van der Waals surface area contributed by atoms with Crippen LogP contribution in [0, 0.1) is 5.82 Å². The standard InChI is InChI=1S/C12H8FNO2/c13-10-3-1-9(2-4-10)11-5-8(7-15)6-14-12(11)16/h1-7H,(H,14,16). The van der Waals surface area contributed by atoms with E-state index in [0.717, 1.165) is 0 Å². The fraction of sp³-hybridized carbons (Fsp3) is 0. The largest absolute Gasteiger partial charge is 0.328 e. The zero-order valence-electron chi connectivity index (χ0n) is 8.24. The second-order valence-corrected chi connectivity index (χ2v) is 3.30. The lowest BCUT2D eigenvalue weighted by Crippen LogP contribution is -2.08. The minimum atomic E-state index is -0.369. The van der Waals surface area contributed by atoms with Crippen molar-refractivity contribution < 1.29 is 9.18 Å². The van der Waals surface area contributed by atoms with Crippen molar-refractivity contribution in [3.63, 3.8) is 0 Å². The van der Waals surface area contributed by atoms with E-state index in [1.54, 1.807) is 0 Å². The van der Waals surface area contributed by atoms with E-state index in [0.29, 0.717) is 23.0 Å². The summed E-state index contributed by atoms with van der Waals surface area (Å²) < 4.78 is 12.7.